The van der Waals surface area contributed by atoms with Crippen LogP contribution in [0, 0.1) is 5.82 Å². The van der Waals surface area contributed by atoms with Gasteiger partial charge in [-0.1, -0.05) is 6.07 Å². The maximum absolute atomic E-state index is 13.5. The normalized spacial score (nSPS) is 11.5. The van der Waals surface area contributed by atoms with Gasteiger partial charge >= 0.3 is 6.18 Å². The van der Waals surface area contributed by atoms with E-state index in [4.69, 9.17) is 0 Å². The second-order valence-electron chi connectivity index (χ2n) is 3.40. The van der Waals surface area contributed by atoms with Gasteiger partial charge in [0.05, 0.1) is 5.56 Å². The molecule has 0 aliphatic heterocycles. The lowest BCUT2D eigenvalue weighted by Crippen LogP contribution is -2.08. The highest BCUT2D eigenvalue weighted by molar-refractivity contribution is 5.68. The molecule has 0 radical (unpaired) electrons. The molecule has 2 aromatic rings. The first-order valence-electron chi connectivity index (χ1n) is 4.76. The average Bonchev–Trinajstić information content (AvgIpc) is 2.28. The summed E-state index contributed by atoms with van der Waals surface area (Å²) in [5.41, 5.74) is -1.27. The first kappa shape index (κ1) is 11.6. The Morgan fingerprint density at radius 1 is 0.941 bits per heavy atom. The van der Waals surface area contributed by atoms with E-state index in [-0.39, 0.29) is 5.56 Å². The van der Waals surface area contributed by atoms with Crippen molar-refractivity contribution in [2.24, 2.45) is 0 Å². The van der Waals surface area contributed by atoms with E-state index in [0.29, 0.717) is 0 Å². The quantitative estimate of drug-likeness (QED) is 0.690. The lowest BCUT2D eigenvalue weighted by molar-refractivity contribution is -0.137. The molecule has 1 aromatic heterocycles. The van der Waals surface area contributed by atoms with Crippen molar-refractivity contribution in [3.05, 3.63) is 54.1 Å². The molecule has 0 atom stereocenters. The van der Waals surface area contributed by atoms with Crippen LogP contribution in [0.15, 0.2) is 42.7 Å². The second-order valence-corrected chi connectivity index (χ2v) is 3.40. The van der Waals surface area contributed by atoms with Crippen LogP contribution < -0.4 is 0 Å². The molecule has 0 bridgehead atoms. The van der Waals surface area contributed by atoms with E-state index < -0.39 is 23.1 Å². The molecule has 0 saturated heterocycles. The number of aromatic nitrogens is 1. The highest BCUT2D eigenvalue weighted by Gasteiger charge is 2.34. The molecule has 0 saturated carbocycles. The van der Waals surface area contributed by atoms with Crippen molar-refractivity contribution in [2.75, 3.05) is 0 Å². The minimum absolute atomic E-state index is 0.158. The number of nitrogens with zero attached hydrogens (tertiary/aromatic N) is 1. The summed E-state index contributed by atoms with van der Waals surface area (Å²) in [6.07, 6.45) is -1.94. The summed E-state index contributed by atoms with van der Waals surface area (Å²) in [6, 6.07) is 5.59. The lowest BCUT2D eigenvalue weighted by atomic mass is 10.00. The molecule has 1 nitrogen and oxygen atoms in total. The molecule has 0 amide bonds. The van der Waals surface area contributed by atoms with Gasteiger partial charge in [-0.3, -0.25) is 4.98 Å². The molecule has 0 N–H and O–H groups in total. The van der Waals surface area contributed by atoms with E-state index in [0.717, 1.165) is 18.2 Å². The molecule has 2 rings (SSSR count). The van der Waals surface area contributed by atoms with E-state index in [2.05, 4.69) is 4.98 Å². The molecule has 1 heterocycles. The summed E-state index contributed by atoms with van der Waals surface area (Å²) < 4.78 is 51.7. The standard InChI is InChI=1S/C12H7F4N/c13-10-3-1-2-9(12(14,15)16)11(10)8-4-6-17-7-5-8/h1-7H. The largest absolute Gasteiger partial charge is 0.417 e. The number of hydrogen-bond donors (Lipinski definition) is 0. The summed E-state index contributed by atoms with van der Waals surface area (Å²) >= 11 is 0. The van der Waals surface area contributed by atoms with Crippen LogP contribution in [-0.4, -0.2) is 4.98 Å². The van der Waals surface area contributed by atoms with Gasteiger partial charge in [0.2, 0.25) is 0 Å². The van der Waals surface area contributed by atoms with Crippen LogP contribution in [0.1, 0.15) is 5.56 Å². The highest BCUT2D eigenvalue weighted by atomic mass is 19.4. The number of rotatable bonds is 1. The minimum Gasteiger partial charge on any atom is -0.265 e. The average molecular weight is 241 g/mol. The molecule has 88 valence electrons. The zero-order valence-corrected chi connectivity index (χ0v) is 8.50. The van der Waals surface area contributed by atoms with Crippen molar-refractivity contribution < 1.29 is 17.6 Å². The fourth-order valence-electron chi connectivity index (χ4n) is 1.57. The Morgan fingerprint density at radius 2 is 1.59 bits per heavy atom. The molecule has 5 heteroatoms. The molecule has 0 spiro atoms. The summed E-state index contributed by atoms with van der Waals surface area (Å²) in [4.78, 5) is 3.69. The van der Waals surface area contributed by atoms with Gasteiger partial charge in [-0.25, -0.2) is 4.39 Å². The van der Waals surface area contributed by atoms with Gasteiger partial charge in [0.15, 0.2) is 0 Å². The van der Waals surface area contributed by atoms with Crippen molar-refractivity contribution in [2.45, 2.75) is 6.18 Å². The Bertz CT molecular complexity index is 520. The number of benzene rings is 1. The van der Waals surface area contributed by atoms with Crippen LogP contribution in [0.4, 0.5) is 17.6 Å². The van der Waals surface area contributed by atoms with Gasteiger partial charge in [-0.15, -0.1) is 0 Å². The summed E-state index contributed by atoms with van der Waals surface area (Å²) in [7, 11) is 0. The molecule has 0 aliphatic rings. The Labute approximate surface area is 94.7 Å². The van der Waals surface area contributed by atoms with E-state index in [9.17, 15) is 17.6 Å². The monoisotopic (exact) mass is 241 g/mol. The van der Waals surface area contributed by atoms with Crippen LogP contribution in [-0.2, 0) is 6.18 Å². The third-order valence-corrected chi connectivity index (χ3v) is 2.29. The van der Waals surface area contributed by atoms with E-state index in [1.54, 1.807) is 0 Å². The molecule has 0 aliphatic carbocycles. The van der Waals surface area contributed by atoms with Crippen LogP contribution in [0.5, 0.6) is 0 Å². The van der Waals surface area contributed by atoms with Gasteiger partial charge in [0, 0.05) is 18.0 Å². The van der Waals surface area contributed by atoms with Gasteiger partial charge in [0.1, 0.15) is 5.82 Å². The predicted octanol–water partition coefficient (Wildman–Crippen LogP) is 3.91. The predicted molar refractivity (Wildman–Crippen MR) is 54.6 cm³/mol. The topological polar surface area (TPSA) is 12.9 Å². The van der Waals surface area contributed by atoms with Crippen molar-refractivity contribution >= 4 is 0 Å². The molecule has 1 aromatic carbocycles. The SMILES string of the molecule is Fc1cccc(C(F)(F)F)c1-c1ccncc1. The maximum atomic E-state index is 13.5. The third kappa shape index (κ3) is 2.27. The smallest absolute Gasteiger partial charge is 0.265 e. The molecule has 0 fully saturated rings. The lowest BCUT2D eigenvalue weighted by Gasteiger charge is -2.13. The van der Waals surface area contributed by atoms with Crippen molar-refractivity contribution in [1.29, 1.82) is 0 Å². The van der Waals surface area contributed by atoms with E-state index >= 15 is 0 Å². The minimum atomic E-state index is -4.58. The zero-order chi connectivity index (χ0) is 12.5. The van der Waals surface area contributed by atoms with E-state index in [1.165, 1.54) is 24.5 Å². The van der Waals surface area contributed by atoms with Gasteiger partial charge in [-0.05, 0) is 29.8 Å². The Balaban J connectivity index is 2.69. The highest BCUT2D eigenvalue weighted by Crippen LogP contribution is 2.38. The fourth-order valence-corrected chi connectivity index (χ4v) is 1.57. The number of alkyl halides is 3. The fraction of sp³-hybridized carbons (Fsp3) is 0.0833. The van der Waals surface area contributed by atoms with Crippen LogP contribution in [0.25, 0.3) is 11.1 Å². The van der Waals surface area contributed by atoms with Gasteiger partial charge in [-0.2, -0.15) is 13.2 Å². The van der Waals surface area contributed by atoms with Crippen molar-refractivity contribution in [1.82, 2.24) is 4.98 Å². The second kappa shape index (κ2) is 4.16. The van der Waals surface area contributed by atoms with Gasteiger partial charge < -0.3 is 0 Å². The maximum Gasteiger partial charge on any atom is 0.417 e. The van der Waals surface area contributed by atoms with Crippen LogP contribution in [0.3, 0.4) is 0 Å². The number of pyridine rings is 1. The first-order valence-corrected chi connectivity index (χ1v) is 4.76. The van der Waals surface area contributed by atoms with Crippen molar-refractivity contribution in [3.8, 4) is 11.1 Å². The Kier molecular flexibility index (Phi) is 2.83. The Hall–Kier alpha value is -1.91. The van der Waals surface area contributed by atoms with Gasteiger partial charge in [0.25, 0.3) is 0 Å². The van der Waals surface area contributed by atoms with Crippen LogP contribution in [0.2, 0.25) is 0 Å². The third-order valence-electron chi connectivity index (χ3n) is 2.29. The molecule has 17 heavy (non-hydrogen) atoms. The Morgan fingerprint density at radius 3 is 2.18 bits per heavy atom. The van der Waals surface area contributed by atoms with Crippen LogP contribution >= 0.6 is 0 Å². The molecular weight excluding hydrogens is 234 g/mol. The zero-order valence-electron chi connectivity index (χ0n) is 8.50. The van der Waals surface area contributed by atoms with E-state index in [1.807, 2.05) is 0 Å². The number of hydrogen-bond acceptors (Lipinski definition) is 1. The summed E-state index contributed by atoms with van der Waals surface area (Å²) in [5, 5.41) is 0. The molecule has 0 unspecified atom stereocenters. The summed E-state index contributed by atoms with van der Waals surface area (Å²) in [5.74, 6) is -0.897. The number of halogens is 4. The molecular formula is C12H7F4N. The summed E-state index contributed by atoms with van der Waals surface area (Å²) in [6.45, 7) is 0. The first-order chi connectivity index (χ1) is 8.00. The van der Waals surface area contributed by atoms with Crippen molar-refractivity contribution in [3.63, 3.8) is 0 Å².